The number of likely N-dealkylation sites (tertiary alicyclic amines) is 1. The second-order valence-electron chi connectivity index (χ2n) is 7.25. The van der Waals surface area contributed by atoms with E-state index in [2.05, 4.69) is 10.00 Å². The standard InChI is InChI=1S/C17H25F2N3O2/c1-21-9-13(14(20-21)15(18)19)11-22-10-12(16(23)24)5-8-17(22)6-3-2-4-7-17/h9,12,15H,2-8,10-11H2,1H3,(H,23,24). The molecule has 1 aromatic heterocycles. The van der Waals surface area contributed by atoms with Crippen LogP contribution >= 0.6 is 0 Å². The molecule has 3 rings (SSSR count). The van der Waals surface area contributed by atoms with Crippen molar-refractivity contribution < 1.29 is 18.7 Å². The molecule has 2 fully saturated rings. The van der Waals surface area contributed by atoms with Gasteiger partial charge in [0.2, 0.25) is 0 Å². The topological polar surface area (TPSA) is 58.4 Å². The second kappa shape index (κ2) is 6.78. The molecule has 2 aliphatic rings. The number of hydrogen-bond donors (Lipinski definition) is 1. The van der Waals surface area contributed by atoms with E-state index in [-0.39, 0.29) is 11.2 Å². The molecule has 1 aliphatic heterocycles. The van der Waals surface area contributed by atoms with Crippen molar-refractivity contribution in [3.63, 3.8) is 0 Å². The first kappa shape index (κ1) is 17.3. The first-order chi connectivity index (χ1) is 11.4. The van der Waals surface area contributed by atoms with E-state index in [1.165, 1.54) is 11.1 Å². The van der Waals surface area contributed by atoms with Crippen LogP contribution < -0.4 is 0 Å². The van der Waals surface area contributed by atoms with Crippen LogP contribution in [0.5, 0.6) is 0 Å². The van der Waals surface area contributed by atoms with Crippen molar-refractivity contribution in [2.24, 2.45) is 13.0 Å². The molecule has 0 aromatic carbocycles. The maximum Gasteiger partial charge on any atom is 0.307 e. The molecule has 1 aromatic rings. The Hall–Kier alpha value is -1.50. The molecule has 1 atom stereocenters. The minimum atomic E-state index is -2.61. The van der Waals surface area contributed by atoms with Crippen LogP contribution in [0.3, 0.4) is 0 Å². The van der Waals surface area contributed by atoms with E-state index in [1.54, 1.807) is 13.2 Å². The third kappa shape index (κ3) is 3.31. The van der Waals surface area contributed by atoms with Crippen molar-refractivity contribution in [2.45, 2.75) is 63.5 Å². The van der Waals surface area contributed by atoms with Crippen LogP contribution in [0.15, 0.2) is 6.20 Å². The highest BCUT2D eigenvalue weighted by Crippen LogP contribution is 2.43. The van der Waals surface area contributed by atoms with Gasteiger partial charge in [-0.1, -0.05) is 19.3 Å². The predicted molar refractivity (Wildman–Crippen MR) is 84.8 cm³/mol. The van der Waals surface area contributed by atoms with Crippen LogP contribution in [-0.2, 0) is 18.4 Å². The molecule has 1 saturated heterocycles. The van der Waals surface area contributed by atoms with Crippen LogP contribution in [0.2, 0.25) is 0 Å². The minimum absolute atomic E-state index is 0.0283. The van der Waals surface area contributed by atoms with E-state index in [0.29, 0.717) is 25.1 Å². The summed E-state index contributed by atoms with van der Waals surface area (Å²) < 4.78 is 27.9. The normalized spacial score (nSPS) is 24.6. The van der Waals surface area contributed by atoms with E-state index in [9.17, 15) is 18.7 Å². The Balaban J connectivity index is 1.86. The van der Waals surface area contributed by atoms with Crippen molar-refractivity contribution in [3.05, 3.63) is 17.5 Å². The van der Waals surface area contributed by atoms with E-state index in [1.807, 2.05) is 0 Å². The van der Waals surface area contributed by atoms with Crippen LogP contribution in [-0.4, -0.2) is 37.8 Å². The van der Waals surface area contributed by atoms with Gasteiger partial charge >= 0.3 is 5.97 Å². The lowest BCUT2D eigenvalue weighted by Gasteiger charge is -2.51. The van der Waals surface area contributed by atoms with Crippen LogP contribution in [0.4, 0.5) is 8.78 Å². The molecule has 5 nitrogen and oxygen atoms in total. The number of carboxylic acid groups (broad SMARTS) is 1. The first-order valence-corrected chi connectivity index (χ1v) is 8.70. The van der Waals surface area contributed by atoms with Crippen molar-refractivity contribution in [2.75, 3.05) is 6.54 Å². The number of aryl methyl sites for hydroxylation is 1. The largest absolute Gasteiger partial charge is 0.481 e. The number of carboxylic acids is 1. The summed E-state index contributed by atoms with van der Waals surface area (Å²) in [4.78, 5) is 13.6. The van der Waals surface area contributed by atoms with Crippen LogP contribution in [0, 0.1) is 5.92 Å². The number of nitrogens with zero attached hydrogens (tertiary/aromatic N) is 3. The number of halogens is 2. The Kier molecular flexibility index (Phi) is 4.90. The van der Waals surface area contributed by atoms with Gasteiger partial charge in [0.25, 0.3) is 6.43 Å². The molecule has 1 spiro atoms. The number of aromatic nitrogens is 2. The molecular weight excluding hydrogens is 316 g/mol. The summed E-state index contributed by atoms with van der Waals surface area (Å²) in [5, 5.41) is 13.3. The smallest absolute Gasteiger partial charge is 0.307 e. The van der Waals surface area contributed by atoms with Gasteiger partial charge in [-0.2, -0.15) is 5.10 Å². The average molecular weight is 341 g/mol. The van der Waals surface area contributed by atoms with Gasteiger partial charge in [-0.25, -0.2) is 8.78 Å². The third-order valence-electron chi connectivity index (χ3n) is 5.71. The molecule has 1 N–H and O–H groups in total. The summed E-state index contributed by atoms with van der Waals surface area (Å²) in [5.74, 6) is -1.20. The van der Waals surface area contributed by atoms with Crippen molar-refractivity contribution in [3.8, 4) is 0 Å². The van der Waals surface area contributed by atoms with E-state index < -0.39 is 18.3 Å². The molecular formula is C17H25F2N3O2. The highest BCUT2D eigenvalue weighted by atomic mass is 19.3. The monoisotopic (exact) mass is 341 g/mol. The molecule has 7 heteroatoms. The van der Waals surface area contributed by atoms with E-state index >= 15 is 0 Å². The first-order valence-electron chi connectivity index (χ1n) is 8.70. The molecule has 1 aliphatic carbocycles. The highest BCUT2D eigenvalue weighted by molar-refractivity contribution is 5.70. The van der Waals surface area contributed by atoms with Gasteiger partial charge in [-0.05, 0) is 25.7 Å². The van der Waals surface area contributed by atoms with Crippen molar-refractivity contribution in [1.82, 2.24) is 14.7 Å². The van der Waals surface area contributed by atoms with Gasteiger partial charge in [-0.3, -0.25) is 14.4 Å². The minimum Gasteiger partial charge on any atom is -0.481 e. The van der Waals surface area contributed by atoms with Crippen LogP contribution in [0.25, 0.3) is 0 Å². The Labute approximate surface area is 140 Å². The fourth-order valence-corrected chi connectivity index (χ4v) is 4.43. The fourth-order valence-electron chi connectivity index (χ4n) is 4.43. The van der Waals surface area contributed by atoms with Gasteiger partial charge < -0.3 is 5.11 Å². The number of hydrogen-bond acceptors (Lipinski definition) is 3. The van der Waals surface area contributed by atoms with Gasteiger partial charge in [0.1, 0.15) is 5.69 Å². The van der Waals surface area contributed by atoms with Gasteiger partial charge in [0.15, 0.2) is 0 Å². The molecule has 2 heterocycles. The fraction of sp³-hybridized carbons (Fsp3) is 0.765. The Bertz CT molecular complexity index is 597. The highest BCUT2D eigenvalue weighted by Gasteiger charge is 2.44. The Morgan fingerprint density at radius 1 is 1.38 bits per heavy atom. The molecule has 24 heavy (non-hydrogen) atoms. The van der Waals surface area contributed by atoms with Gasteiger partial charge in [0.05, 0.1) is 5.92 Å². The molecule has 134 valence electrons. The summed E-state index contributed by atoms with van der Waals surface area (Å²) in [6, 6.07) is 0. The summed E-state index contributed by atoms with van der Waals surface area (Å²) >= 11 is 0. The maximum atomic E-state index is 13.2. The Morgan fingerprint density at radius 3 is 2.71 bits per heavy atom. The molecule has 1 saturated carbocycles. The Morgan fingerprint density at radius 2 is 2.08 bits per heavy atom. The quantitative estimate of drug-likeness (QED) is 0.912. The SMILES string of the molecule is Cn1cc(CN2CC(C(=O)O)CCC23CCCCC3)c(C(F)F)n1. The zero-order chi connectivity index (χ0) is 17.3. The number of aliphatic carboxylic acids is 1. The summed E-state index contributed by atoms with van der Waals surface area (Å²) in [5.41, 5.74) is 0.309. The average Bonchev–Trinajstić information content (AvgIpc) is 2.91. The number of piperidine rings is 1. The lowest BCUT2D eigenvalue weighted by atomic mass is 9.72. The molecule has 0 amide bonds. The molecule has 0 radical (unpaired) electrons. The lowest BCUT2D eigenvalue weighted by Crippen LogP contribution is -2.55. The summed E-state index contributed by atoms with van der Waals surface area (Å²) in [6.07, 6.45) is 6.08. The maximum absolute atomic E-state index is 13.2. The molecule has 0 bridgehead atoms. The predicted octanol–water partition coefficient (Wildman–Crippen LogP) is 3.36. The van der Waals surface area contributed by atoms with Gasteiger partial charge in [0, 0.05) is 37.4 Å². The summed E-state index contributed by atoms with van der Waals surface area (Å²) in [6.45, 7) is 0.796. The second-order valence-corrected chi connectivity index (χ2v) is 7.25. The van der Waals surface area contributed by atoms with Crippen molar-refractivity contribution >= 4 is 5.97 Å². The third-order valence-corrected chi connectivity index (χ3v) is 5.71. The van der Waals surface area contributed by atoms with E-state index in [4.69, 9.17) is 0 Å². The van der Waals surface area contributed by atoms with Crippen molar-refractivity contribution in [1.29, 1.82) is 0 Å². The van der Waals surface area contributed by atoms with E-state index in [0.717, 1.165) is 32.1 Å². The zero-order valence-electron chi connectivity index (χ0n) is 14.0. The summed E-state index contributed by atoms with van der Waals surface area (Å²) in [7, 11) is 1.64. The van der Waals surface area contributed by atoms with Gasteiger partial charge in [-0.15, -0.1) is 0 Å². The van der Waals surface area contributed by atoms with Crippen LogP contribution in [0.1, 0.15) is 62.6 Å². The number of carbonyl (C=O) groups is 1. The number of rotatable bonds is 4. The molecule has 1 unspecified atom stereocenters. The number of alkyl halides is 2. The zero-order valence-corrected chi connectivity index (χ0v) is 14.0. The lowest BCUT2D eigenvalue weighted by molar-refractivity contribution is -0.146.